The molecule has 0 amide bonds. The van der Waals surface area contributed by atoms with Crippen LogP contribution in [0.2, 0.25) is 0 Å². The number of allylic oxidation sites excluding steroid dienone is 2. The van der Waals surface area contributed by atoms with Gasteiger partial charge in [0.05, 0.1) is 6.07 Å². The van der Waals surface area contributed by atoms with Crippen LogP contribution in [0.25, 0.3) is 0 Å². The average Bonchev–Trinajstić information content (AvgIpc) is 2.21. The van der Waals surface area contributed by atoms with Crippen LogP contribution in [0.5, 0.6) is 0 Å². The Balaban J connectivity index is 2.93. The fourth-order valence-corrected chi connectivity index (χ4v) is 1.53. The Hall–Kier alpha value is -0.770. The Morgan fingerprint density at radius 1 is 0.929 bits per heavy atom. The van der Waals surface area contributed by atoms with E-state index in [4.69, 9.17) is 5.26 Å². The fourth-order valence-electron chi connectivity index (χ4n) is 1.53. The van der Waals surface area contributed by atoms with Crippen LogP contribution in [0.1, 0.15) is 64.7 Å². The summed E-state index contributed by atoms with van der Waals surface area (Å²) >= 11 is 0. The van der Waals surface area contributed by atoms with Crippen LogP contribution in [0, 0.1) is 11.3 Å². The molecule has 0 atom stereocenters. The van der Waals surface area contributed by atoms with Gasteiger partial charge in [0.25, 0.3) is 0 Å². The van der Waals surface area contributed by atoms with Crippen molar-refractivity contribution < 1.29 is 0 Å². The first-order valence-electron chi connectivity index (χ1n) is 5.96. The van der Waals surface area contributed by atoms with Gasteiger partial charge in [0.1, 0.15) is 0 Å². The summed E-state index contributed by atoms with van der Waals surface area (Å²) in [6.07, 6.45) is 15.5. The molecule has 0 aromatic carbocycles. The normalized spacial score (nSPS) is 10.6. The molecule has 0 N–H and O–H groups in total. The van der Waals surface area contributed by atoms with Crippen molar-refractivity contribution >= 4 is 0 Å². The third-order valence-electron chi connectivity index (χ3n) is 2.42. The summed E-state index contributed by atoms with van der Waals surface area (Å²) in [4.78, 5) is 0. The second-order valence-electron chi connectivity index (χ2n) is 3.80. The zero-order valence-electron chi connectivity index (χ0n) is 9.47. The molecule has 0 aliphatic carbocycles. The topological polar surface area (TPSA) is 23.8 Å². The Bertz CT molecular complexity index is 165. The molecule has 0 rings (SSSR count). The number of rotatable bonds is 9. The zero-order chi connectivity index (χ0) is 10.5. The van der Waals surface area contributed by atoms with Gasteiger partial charge in [-0.2, -0.15) is 5.26 Å². The van der Waals surface area contributed by atoms with Crippen LogP contribution in [0.15, 0.2) is 12.2 Å². The van der Waals surface area contributed by atoms with Crippen molar-refractivity contribution in [2.45, 2.75) is 64.7 Å². The highest BCUT2D eigenvalue weighted by Gasteiger charge is 1.89. The summed E-state index contributed by atoms with van der Waals surface area (Å²) in [5.41, 5.74) is 0. The summed E-state index contributed by atoms with van der Waals surface area (Å²) in [6.45, 7) is 2.25. The van der Waals surface area contributed by atoms with Gasteiger partial charge in [-0.3, -0.25) is 0 Å². The number of hydrogen-bond donors (Lipinski definition) is 0. The predicted octanol–water partition coefficient (Wildman–Crippen LogP) is 4.60. The van der Waals surface area contributed by atoms with Crippen molar-refractivity contribution in [2.24, 2.45) is 0 Å². The largest absolute Gasteiger partial charge is 0.193 e. The Labute approximate surface area is 88.8 Å². The smallest absolute Gasteiger partial charge is 0.0908 e. The lowest BCUT2D eigenvalue weighted by molar-refractivity contribution is 0.577. The van der Waals surface area contributed by atoms with Gasteiger partial charge in [-0.25, -0.2) is 0 Å². The molecule has 0 heterocycles. The van der Waals surface area contributed by atoms with Crippen LogP contribution < -0.4 is 0 Å². The summed E-state index contributed by atoms with van der Waals surface area (Å²) in [7, 11) is 0. The van der Waals surface area contributed by atoms with Crippen molar-refractivity contribution in [3.05, 3.63) is 12.2 Å². The summed E-state index contributed by atoms with van der Waals surface area (Å²) < 4.78 is 0. The maximum Gasteiger partial charge on any atom is 0.0908 e. The van der Waals surface area contributed by atoms with Crippen molar-refractivity contribution in [3.8, 4) is 6.07 Å². The van der Waals surface area contributed by atoms with E-state index < -0.39 is 0 Å². The van der Waals surface area contributed by atoms with Crippen LogP contribution in [0.3, 0.4) is 0 Å². The molecule has 0 saturated heterocycles. The first kappa shape index (κ1) is 13.2. The lowest BCUT2D eigenvalue weighted by Gasteiger charge is -1.99. The molecular formula is C13H23N. The maximum absolute atomic E-state index is 8.25. The predicted molar refractivity (Wildman–Crippen MR) is 62.0 cm³/mol. The van der Waals surface area contributed by atoms with E-state index in [2.05, 4.69) is 6.92 Å². The highest BCUT2D eigenvalue weighted by Crippen LogP contribution is 2.09. The fraction of sp³-hybridized carbons (Fsp3) is 0.769. The van der Waals surface area contributed by atoms with E-state index in [0.29, 0.717) is 0 Å². The van der Waals surface area contributed by atoms with E-state index in [0.717, 1.165) is 6.42 Å². The third-order valence-corrected chi connectivity index (χ3v) is 2.42. The molecule has 0 spiro atoms. The minimum atomic E-state index is 1.07. The number of nitrogens with zero attached hydrogens (tertiary/aromatic N) is 1. The quantitative estimate of drug-likeness (QED) is 0.388. The summed E-state index contributed by atoms with van der Waals surface area (Å²) in [5, 5.41) is 8.25. The molecule has 0 aliphatic heterocycles. The van der Waals surface area contributed by atoms with E-state index in [1.54, 1.807) is 6.08 Å². The molecule has 0 unspecified atom stereocenters. The third kappa shape index (κ3) is 11.2. The average molecular weight is 193 g/mol. The molecule has 0 radical (unpaired) electrons. The second-order valence-corrected chi connectivity index (χ2v) is 3.80. The minimum Gasteiger partial charge on any atom is -0.193 e. The molecule has 14 heavy (non-hydrogen) atoms. The van der Waals surface area contributed by atoms with E-state index in [1.807, 2.05) is 12.1 Å². The van der Waals surface area contributed by atoms with Crippen molar-refractivity contribution in [3.63, 3.8) is 0 Å². The number of hydrogen-bond acceptors (Lipinski definition) is 1. The first-order valence-corrected chi connectivity index (χ1v) is 5.96. The monoisotopic (exact) mass is 193 g/mol. The Morgan fingerprint density at radius 3 is 2.07 bits per heavy atom. The van der Waals surface area contributed by atoms with Gasteiger partial charge >= 0.3 is 0 Å². The van der Waals surface area contributed by atoms with Crippen LogP contribution >= 0.6 is 0 Å². The standard InChI is InChI=1S/C13H23N/c1-2-3-4-5-6-7-8-9-10-11-12-13-14/h11-12H,2-10H2,1H3. The number of unbranched alkanes of at least 4 members (excludes halogenated alkanes) is 8. The molecule has 0 aromatic heterocycles. The van der Waals surface area contributed by atoms with Crippen LogP contribution in [0.4, 0.5) is 0 Å². The van der Waals surface area contributed by atoms with E-state index in [-0.39, 0.29) is 0 Å². The molecule has 0 bridgehead atoms. The highest BCUT2D eigenvalue weighted by atomic mass is 14.2. The first-order chi connectivity index (χ1) is 6.91. The van der Waals surface area contributed by atoms with Gasteiger partial charge in [-0.15, -0.1) is 0 Å². The van der Waals surface area contributed by atoms with Gasteiger partial charge in [-0.05, 0) is 12.8 Å². The van der Waals surface area contributed by atoms with E-state index in [9.17, 15) is 0 Å². The Morgan fingerprint density at radius 2 is 1.50 bits per heavy atom. The minimum absolute atomic E-state index is 1.07. The van der Waals surface area contributed by atoms with E-state index >= 15 is 0 Å². The molecule has 0 fully saturated rings. The molecule has 0 saturated carbocycles. The van der Waals surface area contributed by atoms with E-state index in [1.165, 1.54) is 51.4 Å². The second kappa shape index (κ2) is 12.2. The van der Waals surface area contributed by atoms with Crippen molar-refractivity contribution in [1.82, 2.24) is 0 Å². The van der Waals surface area contributed by atoms with Crippen LogP contribution in [-0.4, -0.2) is 0 Å². The highest BCUT2D eigenvalue weighted by molar-refractivity contribution is 5.01. The summed E-state index contributed by atoms with van der Waals surface area (Å²) in [5.74, 6) is 0. The number of nitriles is 1. The van der Waals surface area contributed by atoms with Crippen molar-refractivity contribution in [1.29, 1.82) is 5.26 Å². The lowest BCUT2D eigenvalue weighted by Crippen LogP contribution is -1.79. The molecule has 1 nitrogen and oxygen atoms in total. The summed E-state index contributed by atoms with van der Waals surface area (Å²) in [6, 6.07) is 2.01. The molecule has 0 aromatic rings. The zero-order valence-corrected chi connectivity index (χ0v) is 9.47. The van der Waals surface area contributed by atoms with Gasteiger partial charge in [0, 0.05) is 6.08 Å². The molecule has 1 heteroatoms. The molecule has 0 aliphatic rings. The van der Waals surface area contributed by atoms with Gasteiger partial charge < -0.3 is 0 Å². The van der Waals surface area contributed by atoms with Gasteiger partial charge in [0.2, 0.25) is 0 Å². The lowest BCUT2D eigenvalue weighted by atomic mass is 10.1. The molecular weight excluding hydrogens is 170 g/mol. The van der Waals surface area contributed by atoms with Crippen molar-refractivity contribution in [2.75, 3.05) is 0 Å². The molecule has 80 valence electrons. The maximum atomic E-state index is 8.25. The van der Waals surface area contributed by atoms with Gasteiger partial charge in [-0.1, -0.05) is 57.9 Å². The van der Waals surface area contributed by atoms with Crippen LogP contribution in [-0.2, 0) is 0 Å². The SMILES string of the molecule is CCCCCCCCCCC=CC#N. The Kier molecular flexibility index (Phi) is 11.6. The van der Waals surface area contributed by atoms with Gasteiger partial charge in [0.15, 0.2) is 0 Å².